The van der Waals surface area contributed by atoms with E-state index in [9.17, 15) is 4.21 Å². The van der Waals surface area contributed by atoms with Crippen molar-refractivity contribution in [1.82, 2.24) is 0 Å². The summed E-state index contributed by atoms with van der Waals surface area (Å²) in [5.41, 5.74) is -0.175. The lowest BCUT2D eigenvalue weighted by molar-refractivity contribution is 0.413. The van der Waals surface area contributed by atoms with Crippen LogP contribution in [0.15, 0.2) is 0 Å². The van der Waals surface area contributed by atoms with Gasteiger partial charge in [-0.2, -0.15) is 25.3 Å². The molecule has 0 radical (unpaired) electrons. The highest BCUT2D eigenvalue weighted by Crippen LogP contribution is 2.25. The van der Waals surface area contributed by atoms with Crippen molar-refractivity contribution in [3.63, 3.8) is 0 Å². The zero-order valence-electron chi connectivity index (χ0n) is 6.49. The van der Waals surface area contributed by atoms with Gasteiger partial charge in [-0.05, 0) is 17.9 Å². The minimum absolute atomic E-state index is 0.175. The zero-order chi connectivity index (χ0) is 8.91. The predicted molar refractivity (Wildman–Crippen MR) is 56.1 cm³/mol. The van der Waals surface area contributed by atoms with Gasteiger partial charge in [-0.15, -0.1) is 0 Å². The molecule has 0 aliphatic heterocycles. The molecule has 0 saturated carbocycles. The zero-order valence-corrected chi connectivity index (χ0v) is 9.09. The molecule has 0 aliphatic rings. The fraction of sp³-hybridized carbons (Fsp3) is 1.00. The van der Waals surface area contributed by atoms with Gasteiger partial charge in [0.15, 0.2) is 11.1 Å². The van der Waals surface area contributed by atoms with Gasteiger partial charge in [0.2, 0.25) is 0 Å². The van der Waals surface area contributed by atoms with Crippen LogP contribution in [0.25, 0.3) is 0 Å². The Balaban J connectivity index is 4.16. The number of hydrogen-bond donors (Lipinski definition) is 3. The average Bonchev–Trinajstić information content (AvgIpc) is 2.00. The Hall–Kier alpha value is 0.810. The van der Waals surface area contributed by atoms with E-state index in [-0.39, 0.29) is 11.2 Å². The van der Waals surface area contributed by atoms with Crippen LogP contribution in [-0.4, -0.2) is 26.0 Å². The van der Waals surface area contributed by atoms with Crippen molar-refractivity contribution in [3.8, 4) is 0 Å². The summed E-state index contributed by atoms with van der Waals surface area (Å²) in [7, 11) is 0. The highest BCUT2D eigenvalue weighted by molar-refractivity contribution is 7.81. The van der Waals surface area contributed by atoms with Crippen LogP contribution in [0.3, 0.4) is 0 Å². The van der Waals surface area contributed by atoms with Crippen LogP contribution < -0.4 is 0 Å². The van der Waals surface area contributed by atoms with Crippen molar-refractivity contribution in [2.75, 3.05) is 17.3 Å². The van der Waals surface area contributed by atoms with Gasteiger partial charge in [0.1, 0.15) is 0 Å². The lowest BCUT2D eigenvalue weighted by Crippen LogP contribution is -2.31. The number of hydrogen-bond acceptors (Lipinski definition) is 3. The lowest BCUT2D eigenvalue weighted by atomic mass is 9.92. The third-order valence-electron chi connectivity index (χ3n) is 1.85. The van der Waals surface area contributed by atoms with Crippen LogP contribution in [-0.2, 0) is 11.1 Å². The summed E-state index contributed by atoms with van der Waals surface area (Å²) in [5, 5.41) is 0. The summed E-state index contributed by atoms with van der Waals surface area (Å²) in [5.74, 6) is 1.50. The maximum atomic E-state index is 10.5. The molecule has 0 aromatic carbocycles. The normalized spacial score (nSPS) is 14.9. The third kappa shape index (κ3) is 3.83. The topological polar surface area (TPSA) is 37.3 Å². The molecule has 0 bridgehead atoms. The molecule has 1 unspecified atom stereocenters. The molecule has 0 fully saturated rings. The van der Waals surface area contributed by atoms with Gasteiger partial charge < -0.3 is 4.55 Å². The van der Waals surface area contributed by atoms with E-state index < -0.39 is 11.1 Å². The Morgan fingerprint density at radius 2 is 1.91 bits per heavy atom. The molecule has 2 nitrogen and oxygen atoms in total. The molecule has 0 amide bonds. The van der Waals surface area contributed by atoms with E-state index in [2.05, 4.69) is 25.3 Å². The molecular weight excluding hydrogens is 200 g/mol. The van der Waals surface area contributed by atoms with Gasteiger partial charge in [-0.1, -0.05) is 6.92 Å². The molecule has 0 heterocycles. The Labute approximate surface area is 81.3 Å². The fourth-order valence-corrected chi connectivity index (χ4v) is 3.03. The molecule has 1 atom stereocenters. The smallest absolute Gasteiger partial charge is 0.153 e. The van der Waals surface area contributed by atoms with Gasteiger partial charge in [-0.25, -0.2) is 4.21 Å². The Morgan fingerprint density at radius 1 is 1.45 bits per heavy atom. The van der Waals surface area contributed by atoms with E-state index in [1.165, 1.54) is 0 Å². The van der Waals surface area contributed by atoms with E-state index in [0.717, 1.165) is 6.42 Å². The van der Waals surface area contributed by atoms with Crippen molar-refractivity contribution in [2.24, 2.45) is 5.41 Å². The molecule has 5 heteroatoms. The van der Waals surface area contributed by atoms with Crippen molar-refractivity contribution >= 4 is 36.3 Å². The lowest BCUT2D eigenvalue weighted by Gasteiger charge is -2.27. The second-order valence-corrected chi connectivity index (χ2v) is 4.20. The van der Waals surface area contributed by atoms with Crippen LogP contribution in [0, 0.1) is 5.41 Å². The van der Waals surface area contributed by atoms with Crippen molar-refractivity contribution < 1.29 is 8.76 Å². The SMILES string of the molecule is CCC(CS)(CS)CS(=O)O. The minimum Gasteiger partial charge on any atom is -0.306 e. The molecule has 0 rings (SSSR count). The molecule has 68 valence electrons. The maximum Gasteiger partial charge on any atom is 0.153 e. The minimum atomic E-state index is -1.73. The summed E-state index contributed by atoms with van der Waals surface area (Å²) in [6.07, 6.45) is 0.840. The average molecular weight is 214 g/mol. The summed E-state index contributed by atoms with van der Waals surface area (Å²) in [6, 6.07) is 0. The third-order valence-corrected chi connectivity index (χ3v) is 4.05. The molecule has 0 aromatic heterocycles. The maximum absolute atomic E-state index is 10.5. The fourth-order valence-electron chi connectivity index (χ4n) is 0.729. The first-order chi connectivity index (χ1) is 5.10. The second kappa shape index (κ2) is 5.45. The molecule has 11 heavy (non-hydrogen) atoms. The largest absolute Gasteiger partial charge is 0.306 e. The van der Waals surface area contributed by atoms with E-state index in [0.29, 0.717) is 11.5 Å². The van der Waals surface area contributed by atoms with Crippen LogP contribution in [0.5, 0.6) is 0 Å². The quantitative estimate of drug-likeness (QED) is 0.479. The predicted octanol–water partition coefficient (Wildman–Crippen LogP) is 1.46. The van der Waals surface area contributed by atoms with Crippen LogP contribution in [0.4, 0.5) is 0 Å². The molecule has 0 aliphatic carbocycles. The summed E-state index contributed by atoms with van der Waals surface area (Å²) >= 11 is 6.55. The highest BCUT2D eigenvalue weighted by atomic mass is 32.2. The molecule has 0 spiro atoms. The molecule has 1 N–H and O–H groups in total. The van der Waals surface area contributed by atoms with E-state index in [1.807, 2.05) is 6.92 Å². The van der Waals surface area contributed by atoms with E-state index >= 15 is 0 Å². The Kier molecular flexibility index (Phi) is 5.86. The van der Waals surface area contributed by atoms with Gasteiger partial charge in [-0.3, -0.25) is 0 Å². The van der Waals surface area contributed by atoms with Crippen molar-refractivity contribution in [1.29, 1.82) is 0 Å². The first-order valence-electron chi connectivity index (χ1n) is 3.39. The van der Waals surface area contributed by atoms with E-state index in [1.54, 1.807) is 0 Å². The molecule has 0 aromatic rings. The van der Waals surface area contributed by atoms with Crippen molar-refractivity contribution in [3.05, 3.63) is 0 Å². The van der Waals surface area contributed by atoms with Gasteiger partial charge in [0.05, 0.1) is 5.75 Å². The highest BCUT2D eigenvalue weighted by Gasteiger charge is 2.27. The first kappa shape index (κ1) is 11.8. The Morgan fingerprint density at radius 3 is 2.00 bits per heavy atom. The van der Waals surface area contributed by atoms with Gasteiger partial charge in [0.25, 0.3) is 0 Å². The molecular formula is C6H14O2S3. The standard InChI is InChI=1S/C6H14O2S3/c1-2-6(3-9,4-10)5-11(7)8/h9-10H,2-5H2,1H3,(H,7,8). The summed E-state index contributed by atoms with van der Waals surface area (Å²) in [4.78, 5) is 0. The van der Waals surface area contributed by atoms with Crippen LogP contribution in [0.1, 0.15) is 13.3 Å². The monoisotopic (exact) mass is 214 g/mol. The summed E-state index contributed by atoms with van der Waals surface area (Å²) in [6.45, 7) is 1.99. The van der Waals surface area contributed by atoms with Gasteiger partial charge in [0, 0.05) is 5.41 Å². The number of thiol groups is 2. The van der Waals surface area contributed by atoms with E-state index in [4.69, 9.17) is 4.55 Å². The molecule has 0 saturated heterocycles. The van der Waals surface area contributed by atoms with Crippen LogP contribution in [0.2, 0.25) is 0 Å². The number of rotatable bonds is 5. The van der Waals surface area contributed by atoms with Crippen molar-refractivity contribution in [2.45, 2.75) is 13.3 Å². The first-order valence-corrected chi connectivity index (χ1v) is 5.93. The van der Waals surface area contributed by atoms with Gasteiger partial charge >= 0.3 is 0 Å². The van der Waals surface area contributed by atoms with Crippen LogP contribution >= 0.6 is 25.3 Å². The second-order valence-electron chi connectivity index (χ2n) is 2.64. The summed E-state index contributed by atoms with van der Waals surface area (Å²) < 4.78 is 19.2. The Bertz CT molecular complexity index is 126.